The van der Waals surface area contributed by atoms with Crippen molar-refractivity contribution in [2.45, 2.75) is 32.7 Å². The summed E-state index contributed by atoms with van der Waals surface area (Å²) in [7, 11) is 0. The Bertz CT molecular complexity index is 664. The van der Waals surface area contributed by atoms with Gasteiger partial charge in [-0.15, -0.1) is 13.2 Å². The molecule has 26 heavy (non-hydrogen) atoms. The van der Waals surface area contributed by atoms with Gasteiger partial charge in [0, 0.05) is 20.0 Å². The lowest BCUT2D eigenvalue weighted by Crippen LogP contribution is -2.47. The quantitative estimate of drug-likeness (QED) is 0.718. The van der Waals surface area contributed by atoms with Crippen LogP contribution in [-0.2, 0) is 20.8 Å². The predicted molar refractivity (Wildman–Crippen MR) is 84.3 cm³/mol. The van der Waals surface area contributed by atoms with Crippen molar-refractivity contribution in [1.82, 2.24) is 10.2 Å². The summed E-state index contributed by atoms with van der Waals surface area (Å²) in [6, 6.07) is 3.72. The highest BCUT2D eigenvalue weighted by Crippen LogP contribution is 2.23. The number of halogens is 3. The van der Waals surface area contributed by atoms with Crippen molar-refractivity contribution >= 4 is 17.8 Å². The fourth-order valence-corrected chi connectivity index (χ4v) is 2.15. The van der Waals surface area contributed by atoms with Crippen molar-refractivity contribution < 1.29 is 37.4 Å². The number of carbonyl (C=O) groups excluding carboxylic acids is 2. The van der Waals surface area contributed by atoms with Crippen LogP contribution in [0.15, 0.2) is 24.3 Å². The van der Waals surface area contributed by atoms with Gasteiger partial charge in [-0.25, -0.2) is 4.79 Å². The van der Waals surface area contributed by atoms with Gasteiger partial charge >= 0.3 is 12.3 Å². The number of nitrogens with zero attached hydrogens (tertiary/aromatic N) is 1. The van der Waals surface area contributed by atoms with Crippen LogP contribution < -0.4 is 10.1 Å². The summed E-state index contributed by atoms with van der Waals surface area (Å²) in [4.78, 5) is 35.5. The summed E-state index contributed by atoms with van der Waals surface area (Å²) < 4.78 is 40.6. The van der Waals surface area contributed by atoms with E-state index in [9.17, 15) is 27.6 Å². The number of aliphatic carboxylic acids is 1. The van der Waals surface area contributed by atoms with Gasteiger partial charge in [-0.3, -0.25) is 9.59 Å². The first kappa shape index (κ1) is 21.3. The number of carboxylic acids is 1. The van der Waals surface area contributed by atoms with Crippen LogP contribution in [0.5, 0.6) is 5.75 Å². The van der Waals surface area contributed by atoms with Crippen molar-refractivity contribution in [1.29, 1.82) is 0 Å². The van der Waals surface area contributed by atoms with Crippen LogP contribution in [0.1, 0.15) is 19.4 Å². The zero-order valence-electron chi connectivity index (χ0n) is 14.2. The molecule has 0 aliphatic rings. The van der Waals surface area contributed by atoms with Gasteiger partial charge in [0.2, 0.25) is 11.8 Å². The van der Waals surface area contributed by atoms with E-state index >= 15 is 0 Å². The topological polar surface area (TPSA) is 95.9 Å². The molecule has 144 valence electrons. The summed E-state index contributed by atoms with van der Waals surface area (Å²) in [6.07, 6.45) is -5.17. The van der Waals surface area contributed by atoms with Gasteiger partial charge in [0.15, 0.2) is 0 Å². The van der Waals surface area contributed by atoms with Crippen LogP contribution in [0.2, 0.25) is 0 Å². The molecule has 0 saturated heterocycles. The Morgan fingerprint density at radius 1 is 1.31 bits per heavy atom. The van der Waals surface area contributed by atoms with E-state index < -0.39 is 30.0 Å². The second kappa shape index (κ2) is 9.07. The van der Waals surface area contributed by atoms with Crippen LogP contribution in [0.25, 0.3) is 0 Å². The molecular formula is C16H19F3N2O5. The highest BCUT2D eigenvalue weighted by Gasteiger charge is 2.31. The van der Waals surface area contributed by atoms with Crippen molar-refractivity contribution in [3.8, 4) is 5.75 Å². The van der Waals surface area contributed by atoms with Gasteiger partial charge in [-0.2, -0.15) is 0 Å². The minimum absolute atomic E-state index is 0.0510. The van der Waals surface area contributed by atoms with E-state index in [1.165, 1.54) is 26.0 Å². The molecule has 0 aliphatic heterocycles. The summed E-state index contributed by atoms with van der Waals surface area (Å²) in [6.45, 7) is 2.58. The molecule has 1 aromatic rings. The molecule has 0 spiro atoms. The zero-order chi connectivity index (χ0) is 19.9. The molecule has 0 radical (unpaired) electrons. The number of rotatable bonds is 8. The van der Waals surface area contributed by atoms with E-state index in [0.29, 0.717) is 0 Å². The standard InChI is InChI=1S/C16H19F3N2O5/c1-10(15(24)25)21(7-6-20-11(2)22)14(23)9-12-4-3-5-13(8-12)26-16(17,18)19/h3-5,8,10H,6-7,9H2,1-2H3,(H,20,22)(H,24,25). The first-order valence-corrected chi connectivity index (χ1v) is 7.61. The molecule has 2 amide bonds. The van der Waals surface area contributed by atoms with Gasteiger partial charge in [-0.05, 0) is 24.6 Å². The smallest absolute Gasteiger partial charge is 0.480 e. The van der Waals surface area contributed by atoms with Crippen molar-refractivity contribution in [3.63, 3.8) is 0 Å². The molecule has 0 heterocycles. The minimum atomic E-state index is -4.86. The molecule has 1 rings (SSSR count). The average Bonchev–Trinajstić information content (AvgIpc) is 2.49. The number of hydrogen-bond donors (Lipinski definition) is 2. The van der Waals surface area contributed by atoms with Gasteiger partial charge in [0.1, 0.15) is 11.8 Å². The number of carbonyl (C=O) groups is 3. The highest BCUT2D eigenvalue weighted by atomic mass is 19.4. The largest absolute Gasteiger partial charge is 0.573 e. The zero-order valence-corrected chi connectivity index (χ0v) is 14.2. The van der Waals surface area contributed by atoms with E-state index in [2.05, 4.69) is 10.1 Å². The van der Waals surface area contributed by atoms with Gasteiger partial charge in [0.05, 0.1) is 6.42 Å². The predicted octanol–water partition coefficient (Wildman–Crippen LogP) is 1.57. The van der Waals surface area contributed by atoms with Crippen molar-refractivity contribution in [2.24, 2.45) is 0 Å². The van der Waals surface area contributed by atoms with E-state index in [0.717, 1.165) is 17.0 Å². The first-order chi connectivity index (χ1) is 12.0. The second-order valence-electron chi connectivity index (χ2n) is 5.46. The Morgan fingerprint density at radius 3 is 2.50 bits per heavy atom. The molecule has 1 unspecified atom stereocenters. The number of hydrogen-bond acceptors (Lipinski definition) is 4. The van der Waals surface area contributed by atoms with E-state index in [-0.39, 0.29) is 31.0 Å². The van der Waals surface area contributed by atoms with Crippen LogP contribution in [0.3, 0.4) is 0 Å². The molecule has 0 aromatic heterocycles. The lowest BCUT2D eigenvalue weighted by Gasteiger charge is -2.26. The Hall–Kier alpha value is -2.78. The molecule has 0 aliphatic carbocycles. The fraction of sp³-hybridized carbons (Fsp3) is 0.438. The maximum atomic E-state index is 12.4. The lowest BCUT2D eigenvalue weighted by molar-refractivity contribution is -0.274. The first-order valence-electron chi connectivity index (χ1n) is 7.61. The minimum Gasteiger partial charge on any atom is -0.480 e. The molecule has 0 fully saturated rings. The van der Waals surface area contributed by atoms with Crippen LogP contribution in [-0.4, -0.2) is 53.3 Å². The van der Waals surface area contributed by atoms with Crippen LogP contribution in [0, 0.1) is 0 Å². The van der Waals surface area contributed by atoms with Crippen LogP contribution in [0.4, 0.5) is 13.2 Å². The number of benzene rings is 1. The number of ether oxygens (including phenoxy) is 1. The maximum absolute atomic E-state index is 12.4. The molecular weight excluding hydrogens is 357 g/mol. The number of amides is 2. The number of alkyl halides is 3. The van der Waals surface area contributed by atoms with Gasteiger partial charge in [-0.1, -0.05) is 12.1 Å². The third kappa shape index (κ3) is 7.41. The highest BCUT2D eigenvalue weighted by molar-refractivity contribution is 5.85. The summed E-state index contributed by atoms with van der Waals surface area (Å²) in [5.41, 5.74) is 0.235. The maximum Gasteiger partial charge on any atom is 0.573 e. The Labute approximate surface area is 147 Å². The molecule has 1 aromatic carbocycles. The Kier molecular flexibility index (Phi) is 7.41. The molecule has 0 bridgehead atoms. The molecule has 0 saturated carbocycles. The normalized spacial score (nSPS) is 12.2. The molecule has 1 atom stereocenters. The van der Waals surface area contributed by atoms with Crippen molar-refractivity contribution in [3.05, 3.63) is 29.8 Å². The number of nitrogens with one attached hydrogen (secondary N) is 1. The van der Waals surface area contributed by atoms with E-state index in [4.69, 9.17) is 5.11 Å². The molecule has 7 nitrogen and oxygen atoms in total. The van der Waals surface area contributed by atoms with E-state index in [1.54, 1.807) is 0 Å². The summed E-state index contributed by atoms with van der Waals surface area (Å²) in [5, 5.41) is 11.6. The third-order valence-electron chi connectivity index (χ3n) is 3.36. The van der Waals surface area contributed by atoms with Gasteiger partial charge in [0.25, 0.3) is 0 Å². The monoisotopic (exact) mass is 376 g/mol. The summed E-state index contributed by atoms with van der Waals surface area (Å²) >= 11 is 0. The fourth-order valence-electron chi connectivity index (χ4n) is 2.15. The molecule has 10 heteroatoms. The summed E-state index contributed by atoms with van der Waals surface area (Å²) in [5.74, 6) is -2.65. The Balaban J connectivity index is 2.86. The van der Waals surface area contributed by atoms with Crippen LogP contribution >= 0.6 is 0 Å². The number of carboxylic acid groups (broad SMARTS) is 1. The second-order valence-corrected chi connectivity index (χ2v) is 5.46. The SMILES string of the molecule is CC(=O)NCCN(C(=O)Cc1cccc(OC(F)(F)F)c1)C(C)C(=O)O. The Morgan fingerprint density at radius 2 is 1.96 bits per heavy atom. The van der Waals surface area contributed by atoms with Gasteiger partial charge < -0.3 is 20.1 Å². The van der Waals surface area contributed by atoms with E-state index in [1.807, 2.05) is 0 Å². The third-order valence-corrected chi connectivity index (χ3v) is 3.36. The average molecular weight is 376 g/mol. The van der Waals surface area contributed by atoms with Crippen molar-refractivity contribution in [2.75, 3.05) is 13.1 Å². The molecule has 2 N–H and O–H groups in total. The lowest BCUT2D eigenvalue weighted by atomic mass is 10.1.